The predicted octanol–water partition coefficient (Wildman–Crippen LogP) is 2.75. The summed E-state index contributed by atoms with van der Waals surface area (Å²) in [5, 5.41) is 4.09. The Bertz CT molecular complexity index is 985. The van der Waals surface area contributed by atoms with Crippen molar-refractivity contribution in [1.82, 2.24) is 0 Å². The average Bonchev–Trinajstić information content (AvgIpc) is 3.21. The molecule has 0 amide bonds. The summed E-state index contributed by atoms with van der Waals surface area (Å²) in [6.07, 6.45) is 2.33. The molecule has 2 heterocycles. The van der Waals surface area contributed by atoms with Crippen molar-refractivity contribution in [1.29, 1.82) is 0 Å². The van der Waals surface area contributed by atoms with Gasteiger partial charge in [0.1, 0.15) is 6.10 Å². The van der Waals surface area contributed by atoms with E-state index in [9.17, 15) is 13.2 Å². The van der Waals surface area contributed by atoms with Gasteiger partial charge in [-0.15, -0.1) is 5.92 Å². The molecule has 0 bridgehead atoms. The Labute approximate surface area is 182 Å². The Hall–Kier alpha value is -2.41. The van der Waals surface area contributed by atoms with Crippen LogP contribution in [-0.4, -0.2) is 50.1 Å². The fraction of sp³-hybridized carbons (Fsp3) is 0.545. The van der Waals surface area contributed by atoms with Gasteiger partial charge >= 0.3 is 5.97 Å². The lowest BCUT2D eigenvalue weighted by Gasteiger charge is -2.28. The molecule has 9 heteroatoms. The van der Waals surface area contributed by atoms with Crippen LogP contribution < -0.4 is 0 Å². The van der Waals surface area contributed by atoms with Crippen LogP contribution in [-0.2, 0) is 34.0 Å². The molecule has 168 valence electrons. The van der Waals surface area contributed by atoms with Crippen LogP contribution in [0.25, 0.3) is 0 Å². The molecular weight excluding hydrogens is 422 g/mol. The SMILES string of the molecule is CC#Cc1ccc(C2=NOC(C[C@](C)(C(=O)OOC3CCCCO3)S(C)(=O)=O)C2)cc1. The summed E-state index contributed by atoms with van der Waals surface area (Å²) >= 11 is 0. The van der Waals surface area contributed by atoms with Gasteiger partial charge in [-0.3, -0.25) is 4.89 Å². The van der Waals surface area contributed by atoms with Crippen LogP contribution in [0.5, 0.6) is 0 Å². The van der Waals surface area contributed by atoms with Crippen LogP contribution >= 0.6 is 0 Å². The van der Waals surface area contributed by atoms with Gasteiger partial charge in [0, 0.05) is 37.7 Å². The van der Waals surface area contributed by atoms with Crippen molar-refractivity contribution in [2.45, 2.75) is 63.1 Å². The fourth-order valence-corrected chi connectivity index (χ4v) is 4.22. The highest BCUT2D eigenvalue weighted by Crippen LogP contribution is 2.31. The monoisotopic (exact) mass is 449 g/mol. The molecule has 0 aliphatic carbocycles. The van der Waals surface area contributed by atoms with Crippen molar-refractivity contribution in [3.63, 3.8) is 0 Å². The molecule has 2 aliphatic rings. The average molecular weight is 450 g/mol. The molecule has 1 aromatic carbocycles. The molecule has 1 aromatic rings. The maximum atomic E-state index is 12.7. The first kappa shape index (κ1) is 23.3. The number of benzene rings is 1. The van der Waals surface area contributed by atoms with Crippen molar-refractivity contribution in [2.75, 3.05) is 12.9 Å². The number of hydrogen-bond donors (Lipinski definition) is 0. The molecule has 8 nitrogen and oxygen atoms in total. The highest BCUT2D eigenvalue weighted by Gasteiger charge is 2.49. The molecule has 0 spiro atoms. The highest BCUT2D eigenvalue weighted by atomic mass is 32.2. The van der Waals surface area contributed by atoms with E-state index < -0.39 is 32.9 Å². The normalized spacial score (nSPS) is 23.0. The largest absolute Gasteiger partial charge is 0.392 e. The molecule has 2 aliphatic heterocycles. The van der Waals surface area contributed by atoms with E-state index in [0.29, 0.717) is 25.2 Å². The van der Waals surface area contributed by atoms with Gasteiger partial charge in [0.2, 0.25) is 6.29 Å². The lowest BCUT2D eigenvalue weighted by molar-refractivity contribution is -0.359. The minimum atomic E-state index is -3.84. The number of sulfone groups is 1. The van der Waals surface area contributed by atoms with Crippen LogP contribution in [0.2, 0.25) is 0 Å². The van der Waals surface area contributed by atoms with Crippen molar-refractivity contribution in [3.8, 4) is 11.8 Å². The van der Waals surface area contributed by atoms with E-state index in [2.05, 4.69) is 17.0 Å². The minimum absolute atomic E-state index is 0.119. The Kier molecular flexibility index (Phi) is 7.36. The van der Waals surface area contributed by atoms with E-state index in [1.54, 1.807) is 6.92 Å². The Balaban J connectivity index is 1.64. The van der Waals surface area contributed by atoms with Crippen LogP contribution in [0, 0.1) is 11.8 Å². The summed E-state index contributed by atoms with van der Waals surface area (Å²) in [7, 11) is -3.84. The summed E-state index contributed by atoms with van der Waals surface area (Å²) in [5.74, 6) is 4.81. The molecule has 31 heavy (non-hydrogen) atoms. The van der Waals surface area contributed by atoms with Crippen molar-refractivity contribution >= 4 is 21.5 Å². The van der Waals surface area contributed by atoms with E-state index >= 15 is 0 Å². The lowest BCUT2D eigenvalue weighted by Crippen LogP contribution is -2.47. The third-order valence-electron chi connectivity index (χ3n) is 5.46. The zero-order valence-corrected chi connectivity index (χ0v) is 18.7. The second kappa shape index (κ2) is 9.81. The van der Waals surface area contributed by atoms with E-state index in [-0.39, 0.29) is 6.42 Å². The highest BCUT2D eigenvalue weighted by molar-refractivity contribution is 7.92. The molecule has 0 radical (unpaired) electrons. The van der Waals surface area contributed by atoms with Gasteiger partial charge in [-0.2, -0.15) is 4.89 Å². The number of hydrogen-bond acceptors (Lipinski definition) is 8. The van der Waals surface area contributed by atoms with Crippen molar-refractivity contribution in [3.05, 3.63) is 35.4 Å². The number of carbonyl (C=O) groups excluding carboxylic acids is 1. The quantitative estimate of drug-likeness (QED) is 0.358. The molecule has 0 N–H and O–H groups in total. The number of carbonyl (C=O) groups is 1. The second-order valence-electron chi connectivity index (χ2n) is 7.89. The summed E-state index contributed by atoms with van der Waals surface area (Å²) in [4.78, 5) is 28.1. The maximum absolute atomic E-state index is 12.7. The summed E-state index contributed by atoms with van der Waals surface area (Å²) in [5.41, 5.74) is 2.42. The Morgan fingerprint density at radius 3 is 2.65 bits per heavy atom. The molecule has 1 saturated heterocycles. The predicted molar refractivity (Wildman–Crippen MR) is 114 cm³/mol. The third kappa shape index (κ3) is 5.64. The Morgan fingerprint density at radius 1 is 1.29 bits per heavy atom. The third-order valence-corrected chi connectivity index (χ3v) is 7.43. The van der Waals surface area contributed by atoms with Crippen LogP contribution in [0.3, 0.4) is 0 Å². The van der Waals surface area contributed by atoms with E-state index in [1.165, 1.54) is 6.92 Å². The van der Waals surface area contributed by atoms with Gasteiger partial charge < -0.3 is 9.57 Å². The zero-order valence-electron chi connectivity index (χ0n) is 17.9. The van der Waals surface area contributed by atoms with Crippen molar-refractivity contribution < 1.29 is 32.6 Å². The van der Waals surface area contributed by atoms with Gasteiger partial charge in [0.05, 0.1) is 5.71 Å². The van der Waals surface area contributed by atoms with Gasteiger partial charge in [0.25, 0.3) is 0 Å². The van der Waals surface area contributed by atoms with E-state index in [0.717, 1.165) is 30.2 Å². The minimum Gasteiger partial charge on any atom is -0.392 e. The standard InChI is InChI=1S/C22H27NO7S/c1-4-7-16-9-11-17(12-10-16)19-14-18(28-23-19)15-22(2,31(3,25)26)21(24)30-29-20-8-5-6-13-27-20/h9-12,18,20H,5-6,8,13-15H2,1-3H3/t18?,20?,22-/m1/s1. The van der Waals surface area contributed by atoms with Crippen molar-refractivity contribution in [2.24, 2.45) is 5.16 Å². The summed E-state index contributed by atoms with van der Waals surface area (Å²) < 4.78 is 28.5. The molecule has 3 atom stereocenters. The number of ether oxygens (including phenoxy) is 1. The van der Waals surface area contributed by atoms with Gasteiger partial charge in [-0.1, -0.05) is 23.2 Å². The maximum Gasteiger partial charge on any atom is 0.363 e. The molecule has 3 rings (SSSR count). The van der Waals surface area contributed by atoms with Gasteiger partial charge in [-0.05, 0) is 44.4 Å². The summed E-state index contributed by atoms with van der Waals surface area (Å²) in [6, 6.07) is 7.52. The van der Waals surface area contributed by atoms with E-state index in [4.69, 9.17) is 19.3 Å². The zero-order chi connectivity index (χ0) is 22.5. The first-order valence-electron chi connectivity index (χ1n) is 10.2. The topological polar surface area (TPSA) is 100 Å². The summed E-state index contributed by atoms with van der Waals surface area (Å²) in [6.45, 7) is 3.59. The number of rotatable bonds is 7. The fourth-order valence-electron chi connectivity index (χ4n) is 3.39. The lowest BCUT2D eigenvalue weighted by atomic mass is 9.97. The Morgan fingerprint density at radius 2 is 2.03 bits per heavy atom. The van der Waals surface area contributed by atoms with Gasteiger partial charge in [-0.25, -0.2) is 13.2 Å². The first-order valence-corrected chi connectivity index (χ1v) is 12.1. The number of oxime groups is 1. The second-order valence-corrected chi connectivity index (χ2v) is 10.3. The van der Waals surface area contributed by atoms with Gasteiger partial charge in [0.15, 0.2) is 14.6 Å². The van der Waals surface area contributed by atoms with Crippen LogP contribution in [0.4, 0.5) is 0 Å². The molecular formula is C22H27NO7S. The first-order chi connectivity index (χ1) is 14.7. The van der Waals surface area contributed by atoms with Crippen LogP contribution in [0.15, 0.2) is 29.4 Å². The van der Waals surface area contributed by atoms with E-state index in [1.807, 2.05) is 24.3 Å². The number of nitrogens with zero attached hydrogens (tertiary/aromatic N) is 1. The molecule has 0 saturated carbocycles. The smallest absolute Gasteiger partial charge is 0.363 e. The molecule has 0 aromatic heterocycles. The van der Waals surface area contributed by atoms with Crippen LogP contribution in [0.1, 0.15) is 57.1 Å². The molecule has 1 fully saturated rings. The molecule has 2 unspecified atom stereocenters.